The fourth-order valence-corrected chi connectivity index (χ4v) is 0.436. The molecule has 0 aliphatic rings. The summed E-state index contributed by atoms with van der Waals surface area (Å²) in [6.45, 7) is 21.1. The summed E-state index contributed by atoms with van der Waals surface area (Å²) in [5.41, 5.74) is 2.51. The van der Waals surface area contributed by atoms with Gasteiger partial charge in [0.05, 0.1) is 21.8 Å². The molecule has 0 fully saturated rings. The van der Waals surface area contributed by atoms with E-state index in [1.807, 2.05) is 6.92 Å². The number of carbonyl (C=O) groups is 2. The second-order valence-electron chi connectivity index (χ2n) is 5.21. The number of carbonyl (C=O) groups excluding carboxylic acids is 2. The molecule has 0 saturated carbocycles. The monoisotopic (exact) mass is 314 g/mol. The first-order chi connectivity index (χ1) is 9.55. The van der Waals surface area contributed by atoms with Crippen molar-refractivity contribution in [1.29, 1.82) is 0 Å². The van der Waals surface area contributed by atoms with Crippen LogP contribution in [-0.4, -0.2) is 33.7 Å². The van der Waals surface area contributed by atoms with Crippen molar-refractivity contribution in [2.24, 2.45) is 0 Å². The smallest absolute Gasteiger partial charge is 0.332 e. The van der Waals surface area contributed by atoms with Crippen LogP contribution in [-0.2, 0) is 19.1 Å². The molecule has 0 aliphatic carbocycles. The molecule has 0 unspecified atom stereocenters. The van der Waals surface area contributed by atoms with Crippen molar-refractivity contribution >= 4 is 20.0 Å². The summed E-state index contributed by atoms with van der Waals surface area (Å²) >= 11 is 0. The molecule has 0 aromatic heterocycles. The third-order valence-electron chi connectivity index (χ3n) is 1.76. The van der Waals surface area contributed by atoms with Crippen LogP contribution < -0.4 is 0 Å². The van der Waals surface area contributed by atoms with Gasteiger partial charge >= 0.3 is 11.9 Å². The van der Waals surface area contributed by atoms with Crippen molar-refractivity contribution in [3.05, 3.63) is 37.1 Å². The SMILES string of the molecule is C=C(C)C(=O)OC.C=CC(=O)OCCC.C=C[Si](C)(C)C. The van der Waals surface area contributed by atoms with E-state index >= 15 is 0 Å². The van der Waals surface area contributed by atoms with Gasteiger partial charge in [-0.2, -0.15) is 0 Å². The Morgan fingerprint density at radius 2 is 1.62 bits per heavy atom. The Labute approximate surface area is 130 Å². The number of rotatable bonds is 5. The van der Waals surface area contributed by atoms with Crippen molar-refractivity contribution < 1.29 is 19.1 Å². The summed E-state index contributed by atoms with van der Waals surface area (Å²) in [5.74, 6) is -0.688. The van der Waals surface area contributed by atoms with Crippen LogP contribution in [0.15, 0.2) is 37.1 Å². The van der Waals surface area contributed by atoms with Gasteiger partial charge in [0.15, 0.2) is 0 Å². The third-order valence-corrected chi connectivity index (χ3v) is 2.99. The van der Waals surface area contributed by atoms with Gasteiger partial charge in [-0.15, -0.1) is 12.3 Å². The average molecular weight is 314 g/mol. The van der Waals surface area contributed by atoms with Crippen LogP contribution >= 0.6 is 0 Å². The Bertz CT molecular complexity index is 341. The van der Waals surface area contributed by atoms with Crippen LogP contribution in [0.4, 0.5) is 0 Å². The van der Waals surface area contributed by atoms with E-state index in [1.54, 1.807) is 6.92 Å². The minimum atomic E-state index is -0.867. The number of esters is 2. The molecule has 0 aromatic rings. The summed E-state index contributed by atoms with van der Waals surface area (Å²) in [6, 6.07) is 0. The highest BCUT2D eigenvalue weighted by Crippen LogP contribution is 1.98. The summed E-state index contributed by atoms with van der Waals surface area (Å²) in [4.78, 5) is 20.4. The van der Waals surface area contributed by atoms with E-state index in [4.69, 9.17) is 0 Å². The van der Waals surface area contributed by atoms with E-state index in [0.29, 0.717) is 12.2 Å². The first-order valence-corrected chi connectivity index (χ1v) is 10.3. The van der Waals surface area contributed by atoms with E-state index in [2.05, 4.69) is 54.6 Å². The number of hydrogen-bond donors (Lipinski definition) is 0. The van der Waals surface area contributed by atoms with Crippen LogP contribution in [0.25, 0.3) is 0 Å². The summed E-state index contributed by atoms with van der Waals surface area (Å²) in [5, 5.41) is 0. The normalized spacial score (nSPS) is 8.86. The van der Waals surface area contributed by atoms with Crippen molar-refractivity contribution in [1.82, 2.24) is 0 Å². The zero-order valence-corrected chi connectivity index (χ0v) is 15.3. The molecule has 0 aromatic carbocycles. The van der Waals surface area contributed by atoms with Gasteiger partial charge in [0.1, 0.15) is 0 Å². The predicted octanol–water partition coefficient (Wildman–Crippen LogP) is 3.91. The highest BCUT2D eigenvalue weighted by molar-refractivity contribution is 6.80. The highest BCUT2D eigenvalue weighted by Gasteiger charge is 2.03. The molecule has 4 nitrogen and oxygen atoms in total. The molecule has 0 atom stereocenters. The maximum Gasteiger partial charge on any atom is 0.332 e. The topological polar surface area (TPSA) is 52.6 Å². The van der Waals surface area contributed by atoms with Gasteiger partial charge in [-0.05, 0) is 13.3 Å². The summed E-state index contributed by atoms with van der Waals surface area (Å²) < 4.78 is 8.86. The van der Waals surface area contributed by atoms with Gasteiger partial charge < -0.3 is 9.47 Å². The molecular formula is C16H30O4Si. The first-order valence-electron chi connectivity index (χ1n) is 6.72. The van der Waals surface area contributed by atoms with E-state index in [1.165, 1.54) is 7.11 Å². The van der Waals surface area contributed by atoms with Gasteiger partial charge in [0.2, 0.25) is 0 Å². The number of methoxy groups -OCH3 is 1. The van der Waals surface area contributed by atoms with E-state index < -0.39 is 8.07 Å². The predicted molar refractivity (Wildman–Crippen MR) is 91.8 cm³/mol. The maximum absolute atomic E-state index is 10.2. The highest BCUT2D eigenvalue weighted by atomic mass is 28.3. The van der Waals surface area contributed by atoms with Gasteiger partial charge in [-0.25, -0.2) is 9.59 Å². The summed E-state index contributed by atoms with van der Waals surface area (Å²) in [6.07, 6.45) is 2.02. The average Bonchev–Trinajstić information content (AvgIpc) is 2.44. The minimum Gasteiger partial charge on any atom is -0.466 e. The molecule has 0 rings (SSSR count). The lowest BCUT2D eigenvalue weighted by atomic mass is 10.4. The molecule has 122 valence electrons. The Morgan fingerprint density at radius 3 is 1.76 bits per heavy atom. The van der Waals surface area contributed by atoms with Crippen molar-refractivity contribution in [2.75, 3.05) is 13.7 Å². The molecule has 0 saturated heterocycles. The molecule has 21 heavy (non-hydrogen) atoms. The molecule has 0 N–H and O–H groups in total. The van der Waals surface area contributed by atoms with Crippen LogP contribution in [0.1, 0.15) is 20.3 Å². The van der Waals surface area contributed by atoms with Crippen molar-refractivity contribution in [2.45, 2.75) is 39.9 Å². The molecule has 5 heteroatoms. The Kier molecular flexibility index (Phi) is 17.2. The van der Waals surface area contributed by atoms with Gasteiger partial charge in [0.25, 0.3) is 0 Å². The molecule has 0 aliphatic heterocycles. The van der Waals surface area contributed by atoms with Crippen LogP contribution in [0.5, 0.6) is 0 Å². The van der Waals surface area contributed by atoms with E-state index in [-0.39, 0.29) is 11.9 Å². The van der Waals surface area contributed by atoms with Crippen LogP contribution in [0.3, 0.4) is 0 Å². The van der Waals surface area contributed by atoms with Crippen LogP contribution in [0.2, 0.25) is 19.6 Å². The quantitative estimate of drug-likeness (QED) is 0.438. The minimum absolute atomic E-state index is 0.341. The van der Waals surface area contributed by atoms with Gasteiger partial charge in [0, 0.05) is 11.6 Å². The maximum atomic E-state index is 10.2. The lowest BCUT2D eigenvalue weighted by Crippen LogP contribution is -2.14. The molecule has 0 amide bonds. The van der Waals surface area contributed by atoms with Gasteiger partial charge in [-0.1, -0.05) is 39.7 Å². The van der Waals surface area contributed by atoms with Crippen LogP contribution in [0, 0.1) is 0 Å². The van der Waals surface area contributed by atoms with Crippen molar-refractivity contribution in [3.8, 4) is 0 Å². The number of ether oxygens (including phenoxy) is 2. The zero-order valence-electron chi connectivity index (χ0n) is 14.3. The fraction of sp³-hybridized carbons (Fsp3) is 0.500. The molecule has 0 bridgehead atoms. The third kappa shape index (κ3) is 27.5. The molecular weight excluding hydrogens is 284 g/mol. The molecule has 0 radical (unpaired) electrons. The largest absolute Gasteiger partial charge is 0.466 e. The second-order valence-corrected chi connectivity index (χ2v) is 10.4. The Hall–Kier alpha value is -1.62. The van der Waals surface area contributed by atoms with Gasteiger partial charge in [-0.3, -0.25) is 0 Å². The lowest BCUT2D eigenvalue weighted by Gasteiger charge is -2.04. The number of hydrogen-bond acceptors (Lipinski definition) is 4. The van der Waals surface area contributed by atoms with E-state index in [0.717, 1.165) is 12.5 Å². The molecule has 0 heterocycles. The Morgan fingerprint density at radius 1 is 1.19 bits per heavy atom. The fourth-order valence-electron chi connectivity index (χ4n) is 0.436. The summed E-state index contributed by atoms with van der Waals surface area (Å²) in [7, 11) is 0.463. The Balaban J connectivity index is -0.000000234. The van der Waals surface area contributed by atoms with E-state index in [9.17, 15) is 9.59 Å². The standard InChI is InChI=1S/C6H10O2.C5H8O2.C5H12Si/c1-3-5-8-6(7)4-2;1-4(2)5(6)7-3;1-5-6(2,3)4/h4H,2-3,5H2,1H3;1H2,2-3H3;5H,1H2,2-4H3. The van der Waals surface area contributed by atoms with Crippen molar-refractivity contribution in [3.63, 3.8) is 0 Å². The lowest BCUT2D eigenvalue weighted by molar-refractivity contribution is -0.138. The molecule has 0 spiro atoms. The first kappa shape index (κ1) is 24.4. The second kappa shape index (κ2) is 14.8. The zero-order chi connectivity index (χ0) is 17.5.